The molecule has 0 aromatic heterocycles. The first-order valence-corrected chi connectivity index (χ1v) is 5.26. The van der Waals surface area contributed by atoms with Crippen molar-refractivity contribution in [1.82, 2.24) is 0 Å². The summed E-state index contributed by atoms with van der Waals surface area (Å²) in [5.74, 6) is -3.00. The third-order valence-corrected chi connectivity index (χ3v) is 1.99. The van der Waals surface area contributed by atoms with E-state index in [9.17, 15) is 18.4 Å². The SMILES string of the molecule is CCOC(=O)COCC(=O)c1ccc(F)cc1F. The lowest BCUT2D eigenvalue weighted by Crippen LogP contribution is -2.17. The van der Waals surface area contributed by atoms with Crippen molar-refractivity contribution in [2.75, 3.05) is 19.8 Å². The van der Waals surface area contributed by atoms with E-state index in [0.29, 0.717) is 6.07 Å². The third-order valence-electron chi connectivity index (χ3n) is 1.99. The number of esters is 1. The van der Waals surface area contributed by atoms with Crippen LogP contribution in [-0.4, -0.2) is 31.6 Å². The molecule has 0 saturated carbocycles. The van der Waals surface area contributed by atoms with Crippen LogP contribution in [0.3, 0.4) is 0 Å². The molecule has 0 fully saturated rings. The van der Waals surface area contributed by atoms with Gasteiger partial charge in [0.05, 0.1) is 12.2 Å². The number of ether oxygens (including phenoxy) is 2. The molecule has 0 aliphatic carbocycles. The third kappa shape index (κ3) is 4.21. The zero-order valence-electron chi connectivity index (χ0n) is 9.74. The molecule has 0 heterocycles. The van der Waals surface area contributed by atoms with Gasteiger partial charge in [0.1, 0.15) is 24.8 Å². The number of hydrogen-bond donors (Lipinski definition) is 0. The van der Waals surface area contributed by atoms with Crippen LogP contribution in [-0.2, 0) is 14.3 Å². The summed E-state index contributed by atoms with van der Waals surface area (Å²) >= 11 is 0. The minimum atomic E-state index is -0.959. The molecular formula is C12H12F2O4. The molecule has 0 saturated heterocycles. The molecule has 0 N–H and O–H groups in total. The lowest BCUT2D eigenvalue weighted by atomic mass is 10.1. The maximum Gasteiger partial charge on any atom is 0.332 e. The van der Waals surface area contributed by atoms with Crippen LogP contribution in [0.5, 0.6) is 0 Å². The summed E-state index contributed by atoms with van der Waals surface area (Å²) in [6.45, 7) is 0.990. The second kappa shape index (κ2) is 6.80. The van der Waals surface area contributed by atoms with Crippen LogP contribution >= 0.6 is 0 Å². The molecule has 0 spiro atoms. The standard InChI is InChI=1S/C12H12F2O4/c1-2-18-12(16)7-17-6-11(15)9-4-3-8(13)5-10(9)14/h3-5H,2,6-7H2,1H3. The van der Waals surface area contributed by atoms with Gasteiger partial charge in [0, 0.05) is 6.07 Å². The normalized spacial score (nSPS) is 10.2. The second-order valence-electron chi connectivity index (χ2n) is 3.35. The molecule has 0 unspecified atom stereocenters. The lowest BCUT2D eigenvalue weighted by molar-refractivity contribution is -0.147. The molecule has 0 aliphatic rings. The molecule has 0 amide bonds. The number of Topliss-reactive ketones (excluding diaryl/α,β-unsaturated/α-hetero) is 1. The van der Waals surface area contributed by atoms with Crippen molar-refractivity contribution in [3.8, 4) is 0 Å². The highest BCUT2D eigenvalue weighted by molar-refractivity contribution is 5.97. The first-order chi connectivity index (χ1) is 8.54. The predicted molar refractivity (Wildman–Crippen MR) is 58.1 cm³/mol. The summed E-state index contributed by atoms with van der Waals surface area (Å²) in [4.78, 5) is 22.4. The van der Waals surface area contributed by atoms with Crippen molar-refractivity contribution in [2.45, 2.75) is 6.92 Å². The molecule has 0 atom stereocenters. The van der Waals surface area contributed by atoms with Crippen molar-refractivity contribution in [2.24, 2.45) is 0 Å². The Morgan fingerprint density at radius 3 is 2.56 bits per heavy atom. The summed E-state index contributed by atoms with van der Waals surface area (Å²) in [5.41, 5.74) is -0.278. The topological polar surface area (TPSA) is 52.6 Å². The Hall–Kier alpha value is -1.82. The minimum Gasteiger partial charge on any atom is -0.464 e. The predicted octanol–water partition coefficient (Wildman–Crippen LogP) is 1.73. The number of halogens is 2. The molecular weight excluding hydrogens is 246 g/mol. The number of carbonyl (C=O) groups excluding carboxylic acids is 2. The number of benzene rings is 1. The summed E-state index contributed by atoms with van der Waals surface area (Å²) < 4.78 is 35.1. The highest BCUT2D eigenvalue weighted by Crippen LogP contribution is 2.10. The van der Waals surface area contributed by atoms with E-state index >= 15 is 0 Å². The Bertz CT molecular complexity index is 446. The van der Waals surface area contributed by atoms with E-state index in [2.05, 4.69) is 4.74 Å². The van der Waals surface area contributed by atoms with Crippen LogP contribution < -0.4 is 0 Å². The van der Waals surface area contributed by atoms with Gasteiger partial charge in [-0.25, -0.2) is 13.6 Å². The van der Waals surface area contributed by atoms with Crippen LogP contribution in [0.25, 0.3) is 0 Å². The molecule has 0 radical (unpaired) electrons. The fourth-order valence-electron chi connectivity index (χ4n) is 1.22. The second-order valence-corrected chi connectivity index (χ2v) is 3.35. The van der Waals surface area contributed by atoms with Crippen LogP contribution in [0, 0.1) is 11.6 Å². The van der Waals surface area contributed by atoms with E-state index in [1.165, 1.54) is 0 Å². The fourth-order valence-corrected chi connectivity index (χ4v) is 1.22. The number of ketones is 1. The molecule has 1 rings (SSSR count). The average molecular weight is 258 g/mol. The van der Waals surface area contributed by atoms with Crippen molar-refractivity contribution in [1.29, 1.82) is 0 Å². The quantitative estimate of drug-likeness (QED) is 0.576. The Morgan fingerprint density at radius 2 is 1.94 bits per heavy atom. The minimum absolute atomic E-state index is 0.211. The largest absolute Gasteiger partial charge is 0.464 e. The van der Waals surface area contributed by atoms with Gasteiger partial charge < -0.3 is 9.47 Å². The molecule has 18 heavy (non-hydrogen) atoms. The zero-order chi connectivity index (χ0) is 13.5. The lowest BCUT2D eigenvalue weighted by Gasteiger charge is -2.04. The maximum atomic E-state index is 13.2. The van der Waals surface area contributed by atoms with Crippen LogP contribution in [0.15, 0.2) is 18.2 Å². The van der Waals surface area contributed by atoms with E-state index in [0.717, 1.165) is 12.1 Å². The Morgan fingerprint density at radius 1 is 1.22 bits per heavy atom. The Balaban J connectivity index is 2.48. The van der Waals surface area contributed by atoms with Crippen molar-refractivity contribution >= 4 is 11.8 Å². The smallest absolute Gasteiger partial charge is 0.332 e. The van der Waals surface area contributed by atoms with E-state index < -0.39 is 30.0 Å². The summed E-state index contributed by atoms with van der Waals surface area (Å²) in [5, 5.41) is 0. The highest BCUT2D eigenvalue weighted by Gasteiger charge is 2.13. The monoisotopic (exact) mass is 258 g/mol. The first-order valence-electron chi connectivity index (χ1n) is 5.26. The average Bonchev–Trinajstić information content (AvgIpc) is 2.29. The summed E-state index contributed by atoms with van der Waals surface area (Å²) in [6, 6.07) is 2.61. The van der Waals surface area contributed by atoms with Gasteiger partial charge in [0.15, 0.2) is 5.78 Å². The van der Waals surface area contributed by atoms with Gasteiger partial charge in [0.25, 0.3) is 0 Å². The van der Waals surface area contributed by atoms with E-state index in [4.69, 9.17) is 4.74 Å². The zero-order valence-corrected chi connectivity index (χ0v) is 9.74. The van der Waals surface area contributed by atoms with Crippen LogP contribution in [0.1, 0.15) is 17.3 Å². The van der Waals surface area contributed by atoms with Gasteiger partial charge in [0.2, 0.25) is 0 Å². The molecule has 4 nitrogen and oxygen atoms in total. The summed E-state index contributed by atoms with van der Waals surface area (Å²) in [7, 11) is 0. The van der Waals surface area contributed by atoms with Crippen molar-refractivity contribution < 1.29 is 27.8 Å². The molecule has 0 bridgehead atoms. The van der Waals surface area contributed by atoms with Crippen molar-refractivity contribution in [3.05, 3.63) is 35.4 Å². The molecule has 98 valence electrons. The van der Waals surface area contributed by atoms with Crippen LogP contribution in [0.2, 0.25) is 0 Å². The molecule has 1 aromatic rings. The van der Waals surface area contributed by atoms with E-state index in [1.54, 1.807) is 6.92 Å². The fraction of sp³-hybridized carbons (Fsp3) is 0.333. The number of carbonyl (C=O) groups is 2. The van der Waals surface area contributed by atoms with Gasteiger partial charge in [-0.15, -0.1) is 0 Å². The number of rotatable bonds is 6. The first kappa shape index (κ1) is 14.2. The van der Waals surface area contributed by atoms with Crippen LogP contribution in [0.4, 0.5) is 8.78 Å². The van der Waals surface area contributed by atoms with Gasteiger partial charge in [-0.2, -0.15) is 0 Å². The highest BCUT2D eigenvalue weighted by atomic mass is 19.1. The summed E-state index contributed by atoms with van der Waals surface area (Å²) in [6.07, 6.45) is 0. The van der Waals surface area contributed by atoms with Gasteiger partial charge in [-0.3, -0.25) is 4.79 Å². The van der Waals surface area contributed by atoms with E-state index in [-0.39, 0.29) is 18.8 Å². The Labute approximate surface area is 103 Å². The number of hydrogen-bond acceptors (Lipinski definition) is 4. The molecule has 1 aromatic carbocycles. The van der Waals surface area contributed by atoms with Gasteiger partial charge >= 0.3 is 5.97 Å². The molecule has 6 heteroatoms. The van der Waals surface area contributed by atoms with Crippen molar-refractivity contribution in [3.63, 3.8) is 0 Å². The molecule has 0 aliphatic heterocycles. The maximum absolute atomic E-state index is 13.2. The van der Waals surface area contributed by atoms with Gasteiger partial charge in [-0.05, 0) is 19.1 Å². The van der Waals surface area contributed by atoms with E-state index in [1.807, 2.05) is 0 Å². The Kier molecular flexibility index (Phi) is 5.38. The van der Waals surface area contributed by atoms with Gasteiger partial charge in [-0.1, -0.05) is 0 Å².